The molecule has 0 bridgehead atoms. The molecule has 2 rings (SSSR count). The highest BCUT2D eigenvalue weighted by Crippen LogP contribution is 2.24. The van der Waals surface area contributed by atoms with Crippen molar-refractivity contribution < 1.29 is 22.7 Å². The SMILES string of the molecule is Cl.NCCOc1ccc(NC(=O)c2ccccc2CCC(F)(F)F)cc1. The lowest BCUT2D eigenvalue weighted by atomic mass is 10.0. The van der Waals surface area contributed by atoms with E-state index in [-0.39, 0.29) is 24.4 Å². The molecule has 1 amide bonds. The zero-order valence-electron chi connectivity index (χ0n) is 13.9. The Bertz CT molecular complexity index is 706. The summed E-state index contributed by atoms with van der Waals surface area (Å²) in [5, 5.41) is 2.68. The van der Waals surface area contributed by atoms with Crippen LogP contribution in [0.25, 0.3) is 0 Å². The van der Waals surface area contributed by atoms with E-state index >= 15 is 0 Å². The Morgan fingerprint density at radius 3 is 2.35 bits per heavy atom. The average molecular weight is 389 g/mol. The van der Waals surface area contributed by atoms with Crippen LogP contribution in [0.3, 0.4) is 0 Å². The molecule has 0 aromatic heterocycles. The molecule has 0 saturated heterocycles. The molecule has 2 aromatic carbocycles. The number of nitrogens with one attached hydrogen (secondary N) is 1. The molecule has 0 radical (unpaired) electrons. The minimum Gasteiger partial charge on any atom is -0.492 e. The van der Waals surface area contributed by atoms with Crippen LogP contribution in [0.1, 0.15) is 22.3 Å². The van der Waals surface area contributed by atoms with Crippen LogP contribution in [0.4, 0.5) is 18.9 Å². The van der Waals surface area contributed by atoms with Gasteiger partial charge in [0.1, 0.15) is 12.4 Å². The molecule has 0 atom stereocenters. The van der Waals surface area contributed by atoms with Gasteiger partial charge in [0, 0.05) is 24.2 Å². The van der Waals surface area contributed by atoms with Gasteiger partial charge in [-0.15, -0.1) is 12.4 Å². The third-order valence-corrected chi connectivity index (χ3v) is 3.44. The van der Waals surface area contributed by atoms with E-state index < -0.39 is 18.5 Å². The van der Waals surface area contributed by atoms with Crippen molar-refractivity contribution in [1.82, 2.24) is 0 Å². The number of anilines is 1. The fraction of sp³-hybridized carbons (Fsp3) is 0.278. The van der Waals surface area contributed by atoms with Crippen molar-refractivity contribution in [3.8, 4) is 5.75 Å². The van der Waals surface area contributed by atoms with Gasteiger partial charge in [-0.3, -0.25) is 4.79 Å². The summed E-state index contributed by atoms with van der Waals surface area (Å²) in [5.41, 5.74) is 6.47. The Balaban J connectivity index is 0.00000338. The second-order valence-corrected chi connectivity index (χ2v) is 5.39. The molecule has 0 spiro atoms. The van der Waals surface area contributed by atoms with Crippen molar-refractivity contribution in [2.24, 2.45) is 5.73 Å². The smallest absolute Gasteiger partial charge is 0.389 e. The molecule has 2 aromatic rings. The maximum Gasteiger partial charge on any atom is 0.389 e. The van der Waals surface area contributed by atoms with Crippen LogP contribution in [0.2, 0.25) is 0 Å². The van der Waals surface area contributed by atoms with Crippen molar-refractivity contribution in [2.45, 2.75) is 19.0 Å². The lowest BCUT2D eigenvalue weighted by Crippen LogP contribution is -2.16. The summed E-state index contributed by atoms with van der Waals surface area (Å²) in [5.74, 6) is 0.169. The minimum absolute atomic E-state index is 0. The van der Waals surface area contributed by atoms with Gasteiger partial charge < -0.3 is 15.8 Å². The van der Waals surface area contributed by atoms with Gasteiger partial charge in [0.05, 0.1) is 0 Å². The summed E-state index contributed by atoms with van der Waals surface area (Å²) < 4.78 is 42.6. The molecule has 0 fully saturated rings. The first-order valence-corrected chi connectivity index (χ1v) is 7.78. The van der Waals surface area contributed by atoms with E-state index in [4.69, 9.17) is 10.5 Å². The number of nitrogens with two attached hydrogens (primary N) is 1. The summed E-state index contributed by atoms with van der Waals surface area (Å²) in [4.78, 5) is 12.4. The predicted octanol–water partition coefficient (Wildman–Crippen LogP) is 4.19. The van der Waals surface area contributed by atoms with Gasteiger partial charge in [-0.25, -0.2) is 0 Å². The Labute approximate surface area is 155 Å². The van der Waals surface area contributed by atoms with Crippen LogP contribution < -0.4 is 15.8 Å². The van der Waals surface area contributed by atoms with E-state index in [0.29, 0.717) is 30.2 Å². The maximum absolute atomic E-state index is 12.4. The standard InChI is InChI=1S/C18H19F3N2O2.ClH/c19-18(20,21)10-9-13-3-1-2-4-16(13)17(24)23-14-5-7-15(8-6-14)25-12-11-22;/h1-8H,9-12,22H2,(H,23,24);1H. The highest BCUT2D eigenvalue weighted by Gasteiger charge is 2.27. The van der Waals surface area contributed by atoms with Crippen LogP contribution in [-0.4, -0.2) is 25.2 Å². The fourth-order valence-electron chi connectivity index (χ4n) is 2.25. The number of carbonyl (C=O) groups is 1. The summed E-state index contributed by atoms with van der Waals surface area (Å²) in [6.07, 6.45) is -5.47. The maximum atomic E-state index is 12.4. The fourth-order valence-corrected chi connectivity index (χ4v) is 2.25. The monoisotopic (exact) mass is 388 g/mol. The molecule has 0 aliphatic heterocycles. The van der Waals surface area contributed by atoms with Crippen molar-refractivity contribution in [3.63, 3.8) is 0 Å². The summed E-state index contributed by atoms with van der Waals surface area (Å²) in [6.45, 7) is 0.783. The van der Waals surface area contributed by atoms with Gasteiger partial charge in [0.2, 0.25) is 0 Å². The highest BCUT2D eigenvalue weighted by atomic mass is 35.5. The summed E-state index contributed by atoms with van der Waals surface area (Å²) in [7, 11) is 0. The number of hydrogen-bond acceptors (Lipinski definition) is 3. The number of rotatable bonds is 7. The predicted molar refractivity (Wildman–Crippen MR) is 97.0 cm³/mol. The molecule has 0 heterocycles. The van der Waals surface area contributed by atoms with E-state index in [1.165, 1.54) is 12.1 Å². The van der Waals surface area contributed by atoms with Crippen molar-refractivity contribution in [2.75, 3.05) is 18.5 Å². The van der Waals surface area contributed by atoms with Gasteiger partial charge in [0.15, 0.2) is 0 Å². The number of halogens is 4. The number of aryl methyl sites for hydroxylation is 1. The second kappa shape index (κ2) is 10.0. The third-order valence-electron chi connectivity index (χ3n) is 3.44. The first-order chi connectivity index (χ1) is 11.9. The molecule has 0 saturated carbocycles. The molecule has 26 heavy (non-hydrogen) atoms. The largest absolute Gasteiger partial charge is 0.492 e. The van der Waals surface area contributed by atoms with Gasteiger partial charge in [-0.05, 0) is 42.3 Å². The quantitative estimate of drug-likeness (QED) is 0.747. The van der Waals surface area contributed by atoms with E-state index in [0.717, 1.165) is 0 Å². The normalized spacial score (nSPS) is 10.8. The molecule has 0 unspecified atom stereocenters. The van der Waals surface area contributed by atoms with E-state index in [1.54, 1.807) is 36.4 Å². The first kappa shape index (κ1) is 21.8. The van der Waals surface area contributed by atoms with Crippen LogP contribution in [0.15, 0.2) is 48.5 Å². The molecule has 4 nitrogen and oxygen atoms in total. The Hall–Kier alpha value is -2.25. The molecule has 0 aliphatic rings. The minimum atomic E-state index is -4.26. The van der Waals surface area contributed by atoms with Crippen molar-refractivity contribution in [3.05, 3.63) is 59.7 Å². The van der Waals surface area contributed by atoms with Crippen LogP contribution in [0, 0.1) is 0 Å². The van der Waals surface area contributed by atoms with Gasteiger partial charge in [-0.1, -0.05) is 18.2 Å². The Kier molecular flexibility index (Phi) is 8.41. The third kappa shape index (κ3) is 6.93. The highest BCUT2D eigenvalue weighted by molar-refractivity contribution is 6.05. The number of hydrogen-bond donors (Lipinski definition) is 2. The molecule has 8 heteroatoms. The summed E-state index contributed by atoms with van der Waals surface area (Å²) >= 11 is 0. The molecule has 3 N–H and O–H groups in total. The van der Waals surface area contributed by atoms with Gasteiger partial charge in [0.25, 0.3) is 5.91 Å². The molecule has 0 aliphatic carbocycles. The van der Waals surface area contributed by atoms with Crippen molar-refractivity contribution in [1.29, 1.82) is 0 Å². The number of amides is 1. The van der Waals surface area contributed by atoms with Gasteiger partial charge >= 0.3 is 6.18 Å². The van der Waals surface area contributed by atoms with Crippen LogP contribution >= 0.6 is 12.4 Å². The van der Waals surface area contributed by atoms with E-state index in [2.05, 4.69) is 5.32 Å². The van der Waals surface area contributed by atoms with Crippen molar-refractivity contribution >= 4 is 24.0 Å². The topological polar surface area (TPSA) is 64.3 Å². The second-order valence-electron chi connectivity index (χ2n) is 5.39. The van der Waals surface area contributed by atoms with Crippen LogP contribution in [0.5, 0.6) is 5.75 Å². The van der Waals surface area contributed by atoms with E-state index in [9.17, 15) is 18.0 Å². The van der Waals surface area contributed by atoms with Crippen LogP contribution in [-0.2, 0) is 6.42 Å². The summed E-state index contributed by atoms with van der Waals surface area (Å²) in [6, 6.07) is 13.0. The molecular formula is C18H20ClF3N2O2. The lowest BCUT2D eigenvalue weighted by Gasteiger charge is -2.12. The van der Waals surface area contributed by atoms with E-state index in [1.807, 2.05) is 0 Å². The number of ether oxygens (including phenoxy) is 1. The number of alkyl halides is 3. The van der Waals surface area contributed by atoms with Gasteiger partial charge in [-0.2, -0.15) is 13.2 Å². The lowest BCUT2D eigenvalue weighted by molar-refractivity contribution is -0.134. The number of benzene rings is 2. The number of carbonyl (C=O) groups excluding carboxylic acids is 1. The Morgan fingerprint density at radius 2 is 1.73 bits per heavy atom. The average Bonchev–Trinajstić information content (AvgIpc) is 2.59. The molecular weight excluding hydrogens is 369 g/mol. The molecule has 142 valence electrons. The zero-order valence-corrected chi connectivity index (χ0v) is 14.7. The Morgan fingerprint density at radius 1 is 1.08 bits per heavy atom. The first-order valence-electron chi connectivity index (χ1n) is 7.78. The zero-order chi connectivity index (χ0) is 18.3.